The van der Waals surface area contributed by atoms with Crippen LogP contribution in [0.3, 0.4) is 0 Å². The van der Waals surface area contributed by atoms with E-state index in [1.54, 1.807) is 12.1 Å². The summed E-state index contributed by atoms with van der Waals surface area (Å²) in [6.45, 7) is 4.46. The zero-order valence-electron chi connectivity index (χ0n) is 12.3. The molecule has 0 radical (unpaired) electrons. The first-order chi connectivity index (χ1) is 10.2. The number of nitrogens with one attached hydrogen (secondary N) is 1. The van der Waals surface area contributed by atoms with E-state index in [2.05, 4.69) is 5.32 Å². The van der Waals surface area contributed by atoms with Gasteiger partial charge in [-0.2, -0.15) is 0 Å². The van der Waals surface area contributed by atoms with Crippen molar-refractivity contribution in [2.45, 2.75) is 38.9 Å². The average Bonchev–Trinajstić information content (AvgIpc) is 2.99. The fourth-order valence-electron chi connectivity index (χ4n) is 2.31. The topological polar surface area (TPSA) is 73.6 Å². The van der Waals surface area contributed by atoms with Crippen LogP contribution in [0.1, 0.15) is 31.7 Å². The smallest absolute Gasteiger partial charge is 0.292 e. The Morgan fingerprint density at radius 3 is 3.05 bits per heavy atom. The molecule has 1 atom stereocenters. The van der Waals surface area contributed by atoms with Crippen LogP contribution in [-0.4, -0.2) is 30.8 Å². The van der Waals surface area contributed by atoms with E-state index in [1.807, 2.05) is 13.0 Å². The normalized spacial score (nSPS) is 17.9. The molecule has 0 aliphatic carbocycles. The molecule has 0 aromatic heterocycles. The summed E-state index contributed by atoms with van der Waals surface area (Å²) in [4.78, 5) is 10.8. The van der Waals surface area contributed by atoms with Gasteiger partial charge >= 0.3 is 0 Å². The van der Waals surface area contributed by atoms with Gasteiger partial charge in [0.15, 0.2) is 0 Å². The lowest BCUT2D eigenvalue weighted by Gasteiger charge is -2.11. The Kier molecular flexibility index (Phi) is 5.95. The van der Waals surface area contributed by atoms with Crippen molar-refractivity contribution in [3.05, 3.63) is 33.9 Å². The Balaban J connectivity index is 1.93. The lowest BCUT2D eigenvalue weighted by Crippen LogP contribution is -2.13. The van der Waals surface area contributed by atoms with Crippen molar-refractivity contribution >= 4 is 11.4 Å². The van der Waals surface area contributed by atoms with Crippen LogP contribution in [0.2, 0.25) is 0 Å². The van der Waals surface area contributed by atoms with Crippen molar-refractivity contribution in [3.63, 3.8) is 0 Å². The summed E-state index contributed by atoms with van der Waals surface area (Å²) >= 11 is 0. The minimum absolute atomic E-state index is 0.0988. The third kappa shape index (κ3) is 4.68. The minimum atomic E-state index is -0.360. The van der Waals surface area contributed by atoms with Gasteiger partial charge in [-0.1, -0.05) is 13.0 Å². The first-order valence-electron chi connectivity index (χ1n) is 7.41. The van der Waals surface area contributed by atoms with Gasteiger partial charge in [-0.25, -0.2) is 0 Å². The van der Waals surface area contributed by atoms with Crippen molar-refractivity contribution < 1.29 is 14.4 Å². The quantitative estimate of drug-likeness (QED) is 0.589. The summed E-state index contributed by atoms with van der Waals surface area (Å²) in [6.07, 6.45) is 3.20. The lowest BCUT2D eigenvalue weighted by atomic mass is 10.1. The minimum Gasteiger partial charge on any atom is -0.380 e. The molecule has 21 heavy (non-hydrogen) atoms. The fourth-order valence-corrected chi connectivity index (χ4v) is 2.31. The Morgan fingerprint density at radius 2 is 2.38 bits per heavy atom. The van der Waals surface area contributed by atoms with Crippen LogP contribution in [0.5, 0.6) is 0 Å². The molecule has 1 saturated heterocycles. The highest BCUT2D eigenvalue weighted by Crippen LogP contribution is 2.26. The molecule has 0 saturated carbocycles. The number of rotatable bonds is 8. The molecule has 0 spiro atoms. The second-order valence-electron chi connectivity index (χ2n) is 5.19. The van der Waals surface area contributed by atoms with Crippen LogP contribution in [0.4, 0.5) is 11.4 Å². The second kappa shape index (κ2) is 7.95. The van der Waals surface area contributed by atoms with E-state index in [1.165, 1.54) is 0 Å². The number of nitrogens with zero attached hydrogens (tertiary/aromatic N) is 1. The third-order valence-corrected chi connectivity index (χ3v) is 3.42. The molecule has 1 aromatic rings. The summed E-state index contributed by atoms with van der Waals surface area (Å²) in [5.41, 5.74) is 1.47. The molecule has 1 aliphatic heterocycles. The molecule has 1 aliphatic rings. The summed E-state index contributed by atoms with van der Waals surface area (Å²) in [6, 6.07) is 5.19. The zero-order chi connectivity index (χ0) is 15.1. The van der Waals surface area contributed by atoms with Crippen LogP contribution in [0.25, 0.3) is 0 Å². The average molecular weight is 294 g/mol. The monoisotopic (exact) mass is 294 g/mol. The number of hydrogen-bond acceptors (Lipinski definition) is 5. The van der Waals surface area contributed by atoms with E-state index in [4.69, 9.17) is 9.47 Å². The SMILES string of the molecule is CCCNc1ccc(COCC2CCCO2)cc1[N+](=O)[O-]. The van der Waals surface area contributed by atoms with Gasteiger partial charge in [0.05, 0.1) is 24.2 Å². The highest BCUT2D eigenvalue weighted by atomic mass is 16.6. The Labute approximate surface area is 124 Å². The van der Waals surface area contributed by atoms with Gasteiger partial charge in [0.25, 0.3) is 5.69 Å². The van der Waals surface area contributed by atoms with Gasteiger partial charge in [-0.3, -0.25) is 10.1 Å². The molecule has 6 nitrogen and oxygen atoms in total. The van der Waals surface area contributed by atoms with E-state index in [9.17, 15) is 10.1 Å². The summed E-state index contributed by atoms with van der Waals surface area (Å²) in [7, 11) is 0. The van der Waals surface area contributed by atoms with Crippen LogP contribution in [-0.2, 0) is 16.1 Å². The second-order valence-corrected chi connectivity index (χ2v) is 5.19. The van der Waals surface area contributed by atoms with E-state index in [0.717, 1.165) is 38.0 Å². The molecule has 1 aromatic carbocycles. The van der Waals surface area contributed by atoms with Crippen molar-refractivity contribution in [3.8, 4) is 0 Å². The molecule has 116 valence electrons. The lowest BCUT2D eigenvalue weighted by molar-refractivity contribution is -0.384. The first-order valence-corrected chi connectivity index (χ1v) is 7.41. The fraction of sp³-hybridized carbons (Fsp3) is 0.600. The maximum Gasteiger partial charge on any atom is 0.292 e. The number of nitro groups is 1. The summed E-state index contributed by atoms with van der Waals surface area (Å²) < 4.78 is 11.1. The Morgan fingerprint density at radius 1 is 1.52 bits per heavy atom. The van der Waals surface area contributed by atoms with Gasteiger partial charge in [-0.15, -0.1) is 0 Å². The maximum atomic E-state index is 11.1. The number of benzene rings is 1. The van der Waals surface area contributed by atoms with Crippen molar-refractivity contribution in [1.29, 1.82) is 0 Å². The molecule has 1 unspecified atom stereocenters. The van der Waals surface area contributed by atoms with Crippen LogP contribution in [0.15, 0.2) is 18.2 Å². The molecule has 1 heterocycles. The van der Waals surface area contributed by atoms with Crippen molar-refractivity contribution in [2.24, 2.45) is 0 Å². The molecule has 2 rings (SSSR count). The van der Waals surface area contributed by atoms with Crippen molar-refractivity contribution in [2.75, 3.05) is 25.1 Å². The number of ether oxygens (including phenoxy) is 2. The van der Waals surface area contributed by atoms with Gasteiger partial charge in [0, 0.05) is 19.2 Å². The summed E-state index contributed by atoms with van der Waals surface area (Å²) in [5.74, 6) is 0. The number of anilines is 1. The number of nitro benzene ring substituents is 1. The molecular formula is C15H22N2O4. The van der Waals surface area contributed by atoms with Gasteiger partial charge in [0.1, 0.15) is 5.69 Å². The highest BCUT2D eigenvalue weighted by Gasteiger charge is 2.17. The van der Waals surface area contributed by atoms with Gasteiger partial charge in [0.2, 0.25) is 0 Å². The zero-order valence-corrected chi connectivity index (χ0v) is 12.3. The highest BCUT2D eigenvalue weighted by molar-refractivity contribution is 5.62. The molecule has 0 bridgehead atoms. The van der Waals surface area contributed by atoms with E-state index in [-0.39, 0.29) is 16.7 Å². The largest absolute Gasteiger partial charge is 0.380 e. The van der Waals surface area contributed by atoms with Gasteiger partial charge < -0.3 is 14.8 Å². The van der Waals surface area contributed by atoms with Crippen LogP contribution < -0.4 is 5.32 Å². The molecule has 0 amide bonds. The van der Waals surface area contributed by atoms with Gasteiger partial charge in [-0.05, 0) is 30.9 Å². The van der Waals surface area contributed by atoms with E-state index < -0.39 is 0 Å². The van der Waals surface area contributed by atoms with Crippen LogP contribution in [0, 0.1) is 10.1 Å². The molecule has 1 N–H and O–H groups in total. The van der Waals surface area contributed by atoms with Crippen LogP contribution >= 0.6 is 0 Å². The number of hydrogen-bond donors (Lipinski definition) is 1. The van der Waals surface area contributed by atoms with E-state index >= 15 is 0 Å². The summed E-state index contributed by atoms with van der Waals surface area (Å²) in [5, 5.41) is 14.2. The Bertz CT molecular complexity index is 473. The molecule has 1 fully saturated rings. The molecule has 6 heteroatoms. The standard InChI is InChI=1S/C15H22N2O4/c1-2-7-16-14-6-5-12(9-15(14)17(18)19)10-20-11-13-4-3-8-21-13/h5-6,9,13,16H,2-4,7-8,10-11H2,1H3. The molecular weight excluding hydrogens is 272 g/mol. The van der Waals surface area contributed by atoms with Crippen molar-refractivity contribution in [1.82, 2.24) is 0 Å². The predicted molar refractivity (Wildman–Crippen MR) is 80.5 cm³/mol. The van der Waals surface area contributed by atoms with E-state index in [0.29, 0.717) is 18.9 Å². The Hall–Kier alpha value is -1.66. The third-order valence-electron chi connectivity index (χ3n) is 3.42. The maximum absolute atomic E-state index is 11.1. The first kappa shape index (κ1) is 15.7. The predicted octanol–water partition coefficient (Wildman–Crippen LogP) is 3.11.